The lowest BCUT2D eigenvalue weighted by atomic mass is 9.33. The Morgan fingerprint density at radius 1 is 0.950 bits per heavy atom. The number of nitrogens with zero attached hydrogens (tertiary/aromatic N) is 2. The number of nitrogens with one attached hydrogen (secondary N) is 1. The van der Waals surface area contributed by atoms with Crippen LogP contribution in [0.15, 0.2) is 40.8 Å². The number of hydrogen-bond donors (Lipinski definition) is 3. The third-order valence-corrected chi connectivity index (χ3v) is 21.0. The topological polar surface area (TPSA) is 146 Å². The Kier molecular flexibility index (Phi) is 11.5. The summed E-state index contributed by atoms with van der Waals surface area (Å²) >= 11 is 1.08. The Morgan fingerprint density at radius 2 is 1.70 bits per heavy atom. The van der Waals surface area contributed by atoms with Gasteiger partial charge in [-0.25, -0.2) is 13.2 Å². The summed E-state index contributed by atoms with van der Waals surface area (Å²) < 4.78 is 30.1. The monoisotopic (exact) mass is 865 g/mol. The van der Waals surface area contributed by atoms with Crippen molar-refractivity contribution in [1.29, 1.82) is 0 Å². The first-order chi connectivity index (χ1) is 28.2. The maximum absolute atomic E-state index is 12.7. The molecule has 10 nitrogen and oxygen atoms in total. The van der Waals surface area contributed by atoms with E-state index in [1.165, 1.54) is 73.5 Å². The van der Waals surface area contributed by atoms with Crippen molar-refractivity contribution < 1.29 is 33.0 Å². The molecule has 1 saturated heterocycles. The van der Waals surface area contributed by atoms with E-state index < -0.39 is 27.2 Å². The molecule has 2 heterocycles. The number of allylic oxidation sites excluding steroid dienone is 5. The van der Waals surface area contributed by atoms with Crippen molar-refractivity contribution in [3.8, 4) is 5.19 Å². The summed E-state index contributed by atoms with van der Waals surface area (Å²) in [5, 5.41) is 25.6. The fourth-order valence-electron chi connectivity index (χ4n) is 15.5. The van der Waals surface area contributed by atoms with Crippen LogP contribution in [0, 0.1) is 56.7 Å². The largest absolute Gasteiger partial charge is 0.481 e. The molecule has 0 aromatic carbocycles. The van der Waals surface area contributed by atoms with Crippen LogP contribution in [0.3, 0.4) is 0 Å². The van der Waals surface area contributed by atoms with Gasteiger partial charge in [-0.05, 0) is 153 Å². The summed E-state index contributed by atoms with van der Waals surface area (Å²) in [7, 11) is -2.89. The number of ether oxygens (including phenoxy) is 1. The van der Waals surface area contributed by atoms with Gasteiger partial charge >= 0.3 is 11.9 Å². The summed E-state index contributed by atoms with van der Waals surface area (Å²) in [5.74, 6) is 1.65. The van der Waals surface area contributed by atoms with E-state index in [9.17, 15) is 28.2 Å². The molecule has 8 rings (SSSR count). The van der Waals surface area contributed by atoms with Crippen LogP contribution in [0.1, 0.15) is 136 Å². The highest BCUT2D eigenvalue weighted by molar-refractivity contribution is 7.91. The minimum absolute atomic E-state index is 0.0410. The quantitative estimate of drug-likeness (QED) is 0.174. The Bertz CT molecular complexity index is 2050. The molecule has 0 spiro atoms. The maximum Gasteiger partial charge on any atom is 0.355 e. The molecule has 1 aliphatic heterocycles. The van der Waals surface area contributed by atoms with E-state index >= 15 is 0 Å². The minimum atomic E-state index is -2.89. The predicted octanol–water partition coefficient (Wildman–Crippen LogP) is 9.06. The van der Waals surface area contributed by atoms with E-state index in [0.717, 1.165) is 37.3 Å². The van der Waals surface area contributed by atoms with Gasteiger partial charge in [0.15, 0.2) is 15.5 Å². The van der Waals surface area contributed by atoms with Crippen LogP contribution >= 0.6 is 11.3 Å². The molecular formula is C48H71N3O7S2. The Balaban J connectivity index is 1.00. The van der Waals surface area contributed by atoms with E-state index in [0.29, 0.717) is 61.9 Å². The average molecular weight is 866 g/mol. The summed E-state index contributed by atoms with van der Waals surface area (Å²) in [4.78, 5) is 30.4. The molecule has 1 aromatic rings. The van der Waals surface area contributed by atoms with Gasteiger partial charge in [0, 0.05) is 37.1 Å². The minimum Gasteiger partial charge on any atom is -0.481 e. The smallest absolute Gasteiger partial charge is 0.355 e. The van der Waals surface area contributed by atoms with Crippen LogP contribution in [0.4, 0.5) is 0 Å². The number of thiazole rings is 1. The molecule has 0 amide bonds. The third kappa shape index (κ3) is 7.27. The number of carboxylic acid groups (broad SMARTS) is 2. The van der Waals surface area contributed by atoms with E-state index in [4.69, 9.17) is 4.74 Å². The third-order valence-electron chi connectivity index (χ3n) is 18.7. The summed E-state index contributed by atoms with van der Waals surface area (Å²) in [6.45, 7) is 22.7. The Morgan fingerprint density at radius 3 is 2.35 bits per heavy atom. The lowest BCUT2D eigenvalue weighted by molar-refractivity contribution is -0.222. The first-order valence-electron chi connectivity index (χ1n) is 23.0. The van der Waals surface area contributed by atoms with Gasteiger partial charge in [0.25, 0.3) is 5.19 Å². The predicted molar refractivity (Wildman–Crippen MR) is 237 cm³/mol. The van der Waals surface area contributed by atoms with Crippen molar-refractivity contribution in [3.05, 3.63) is 46.5 Å². The van der Waals surface area contributed by atoms with Gasteiger partial charge in [-0.15, -0.1) is 6.58 Å². The van der Waals surface area contributed by atoms with Crippen LogP contribution in [0.2, 0.25) is 0 Å². The van der Waals surface area contributed by atoms with E-state index in [1.807, 2.05) is 0 Å². The Hall–Kier alpha value is -2.54. The maximum atomic E-state index is 12.7. The average Bonchev–Trinajstić information content (AvgIpc) is 3.80. The molecule has 10 atom stereocenters. The second-order valence-electron chi connectivity index (χ2n) is 21.9. The molecule has 4 unspecified atom stereocenters. The molecule has 12 heteroatoms. The highest BCUT2D eigenvalue weighted by Gasteiger charge is 2.70. The fourth-order valence-corrected chi connectivity index (χ4v) is 17.4. The van der Waals surface area contributed by atoms with Gasteiger partial charge in [-0.1, -0.05) is 63.7 Å². The molecule has 5 fully saturated rings. The SMILES string of the molecule is C=C(C)C[C@@H]1CC[C@]2(NCCN3CCS(=O)(=O)CC3)CC[C@]3(C)[C@H](CCC4[C@@]5(C)CC=C(C6=CCC(COc7nc(C(=O)O)cs7)(C(=O)O)CC6)C(C)(C)C5CC[C@]43C)C12. The highest BCUT2D eigenvalue weighted by atomic mass is 32.2. The summed E-state index contributed by atoms with van der Waals surface area (Å²) in [6, 6.07) is 0. The fraction of sp³-hybridized carbons (Fsp3) is 0.771. The standard InChI is InChI=1S/C48H71N3O7S2/c1-31(2)28-33-12-19-48(49-22-23-51-24-26-60(56,57)27-25-51)21-20-45(6)35(39(33)48)8-9-38-44(5)15-13-34(43(3,4)37(44)14-16-46(38,45)7)32-10-17-47(18-11-32,41(54)55)30-58-42-50-36(29-59-42)40(52)53/h10,13,29,33,35,37-39,49H,1,8-9,11-12,14-28,30H2,2-7H3,(H,52,53)(H,54,55)/t33-,35+,37?,38?,39?,44-,45+,46+,47?,48-/m0/s1. The molecule has 0 radical (unpaired) electrons. The molecule has 1 aromatic heterocycles. The van der Waals surface area contributed by atoms with Crippen molar-refractivity contribution in [3.63, 3.8) is 0 Å². The van der Waals surface area contributed by atoms with Crippen molar-refractivity contribution in [2.24, 2.45) is 56.7 Å². The zero-order valence-electron chi connectivity index (χ0n) is 37.1. The molecule has 3 N–H and O–H groups in total. The second kappa shape index (κ2) is 15.6. The van der Waals surface area contributed by atoms with Crippen LogP contribution in [-0.2, 0) is 14.6 Å². The van der Waals surface area contributed by atoms with Crippen LogP contribution in [0.25, 0.3) is 0 Å². The number of carbonyl (C=O) groups is 2. The number of aliphatic carboxylic acids is 1. The van der Waals surface area contributed by atoms with Gasteiger partial charge < -0.3 is 25.2 Å². The summed E-state index contributed by atoms with van der Waals surface area (Å²) in [5.41, 5.74) is 3.58. The van der Waals surface area contributed by atoms with Crippen molar-refractivity contribution in [1.82, 2.24) is 15.2 Å². The van der Waals surface area contributed by atoms with Crippen molar-refractivity contribution in [2.45, 2.75) is 131 Å². The van der Waals surface area contributed by atoms with Gasteiger partial charge in [0.05, 0.1) is 11.5 Å². The highest BCUT2D eigenvalue weighted by Crippen LogP contribution is 2.76. The van der Waals surface area contributed by atoms with Crippen molar-refractivity contribution in [2.75, 3.05) is 44.3 Å². The van der Waals surface area contributed by atoms with Gasteiger partial charge in [0.1, 0.15) is 12.0 Å². The van der Waals surface area contributed by atoms with Gasteiger partial charge in [0.2, 0.25) is 0 Å². The normalized spacial score (nSPS) is 40.8. The molecule has 60 heavy (non-hydrogen) atoms. The van der Waals surface area contributed by atoms with Gasteiger partial charge in [-0.3, -0.25) is 4.79 Å². The Labute approximate surface area is 363 Å². The molecule has 0 bridgehead atoms. The van der Waals surface area contributed by atoms with Crippen LogP contribution in [0.5, 0.6) is 5.19 Å². The van der Waals surface area contributed by atoms with E-state index in [2.05, 4.69) is 75.5 Å². The number of hydrogen-bond acceptors (Lipinski definition) is 9. The second-order valence-corrected chi connectivity index (χ2v) is 25.0. The van der Waals surface area contributed by atoms with Gasteiger partial charge in [-0.2, -0.15) is 4.98 Å². The zero-order valence-corrected chi connectivity index (χ0v) is 38.7. The lowest BCUT2D eigenvalue weighted by Crippen LogP contribution is -2.68. The number of sulfone groups is 1. The molecular weight excluding hydrogens is 795 g/mol. The molecule has 332 valence electrons. The first kappa shape index (κ1) is 44.1. The number of aromatic nitrogens is 1. The number of carboxylic acids is 2. The van der Waals surface area contributed by atoms with E-state index in [-0.39, 0.29) is 56.2 Å². The first-order valence-corrected chi connectivity index (χ1v) is 25.7. The molecule has 6 aliphatic carbocycles. The summed E-state index contributed by atoms with van der Waals surface area (Å²) in [6.07, 6.45) is 18.4. The van der Waals surface area contributed by atoms with E-state index in [1.54, 1.807) is 0 Å². The number of aromatic carboxylic acids is 1. The molecule has 4 saturated carbocycles. The lowest BCUT2D eigenvalue weighted by Gasteiger charge is -2.72. The van der Waals surface area contributed by atoms with Crippen molar-refractivity contribution >= 4 is 33.1 Å². The number of fused-ring (bicyclic) bond motifs is 7. The number of rotatable bonds is 12. The zero-order chi connectivity index (χ0) is 43.1. The van der Waals surface area contributed by atoms with Crippen LogP contribution < -0.4 is 10.1 Å². The molecule has 7 aliphatic rings. The van der Waals surface area contributed by atoms with Crippen LogP contribution in [-0.4, -0.2) is 90.3 Å².